The van der Waals surface area contributed by atoms with Gasteiger partial charge in [0, 0.05) is 48.5 Å². The number of carbonyl (C=O) groups is 2. The van der Waals surface area contributed by atoms with Gasteiger partial charge in [-0.2, -0.15) is 0 Å². The van der Waals surface area contributed by atoms with E-state index in [9.17, 15) is 9.59 Å². The van der Waals surface area contributed by atoms with E-state index in [1.54, 1.807) is 9.80 Å². The number of piperazine rings is 1. The summed E-state index contributed by atoms with van der Waals surface area (Å²) in [6.07, 6.45) is 0. The minimum absolute atomic E-state index is 0.00932. The molecule has 0 radical (unpaired) electrons. The Bertz CT molecular complexity index is 1210. The van der Waals surface area contributed by atoms with Crippen LogP contribution in [0.25, 0.3) is 21.8 Å². The van der Waals surface area contributed by atoms with E-state index in [0.29, 0.717) is 31.9 Å². The maximum Gasteiger partial charge on any atom is 0.264 e. The van der Waals surface area contributed by atoms with Gasteiger partial charge in [0.05, 0.1) is 10.4 Å². The van der Waals surface area contributed by atoms with Crippen molar-refractivity contribution in [1.29, 1.82) is 0 Å². The van der Waals surface area contributed by atoms with Crippen LogP contribution in [-0.4, -0.2) is 59.4 Å². The molecule has 1 aliphatic rings. The van der Waals surface area contributed by atoms with E-state index in [4.69, 9.17) is 4.74 Å². The average Bonchev–Trinajstić information content (AvgIpc) is 3.45. The number of nitrogens with zero attached hydrogens (tertiary/aromatic N) is 2. The van der Waals surface area contributed by atoms with Crippen molar-refractivity contribution < 1.29 is 14.3 Å². The summed E-state index contributed by atoms with van der Waals surface area (Å²) in [5.74, 6) is 0.642. The Labute approximate surface area is 177 Å². The SMILES string of the molecule is O=C(COc1ccc2c(c1)[nH]c1ccccc12)N1CCN(C(=O)c2cccs2)CC1. The van der Waals surface area contributed by atoms with E-state index in [1.807, 2.05) is 53.9 Å². The zero-order valence-corrected chi connectivity index (χ0v) is 17.2. The van der Waals surface area contributed by atoms with Crippen LogP contribution in [0, 0.1) is 0 Å². The first-order chi connectivity index (χ1) is 14.7. The highest BCUT2D eigenvalue weighted by Gasteiger charge is 2.25. The van der Waals surface area contributed by atoms with Crippen molar-refractivity contribution in [3.05, 3.63) is 64.9 Å². The molecule has 6 nitrogen and oxygen atoms in total. The number of H-pyrrole nitrogens is 1. The van der Waals surface area contributed by atoms with Gasteiger partial charge >= 0.3 is 0 Å². The minimum atomic E-state index is -0.0602. The predicted octanol–water partition coefficient (Wildman–Crippen LogP) is 3.75. The zero-order chi connectivity index (χ0) is 20.5. The summed E-state index contributed by atoms with van der Waals surface area (Å²) >= 11 is 1.45. The van der Waals surface area contributed by atoms with Crippen molar-refractivity contribution in [2.75, 3.05) is 32.8 Å². The number of nitrogens with one attached hydrogen (secondary N) is 1. The van der Waals surface area contributed by atoms with Crippen LogP contribution < -0.4 is 4.74 Å². The van der Waals surface area contributed by atoms with Crippen molar-refractivity contribution in [1.82, 2.24) is 14.8 Å². The standard InChI is InChI=1S/C23H21N3O3S/c27-22(25-9-11-26(12-10-25)23(28)21-6-3-13-30-21)15-29-16-7-8-18-17-4-1-2-5-19(17)24-20(18)14-16/h1-8,13-14,24H,9-12,15H2. The van der Waals surface area contributed by atoms with Crippen LogP contribution in [0.4, 0.5) is 0 Å². The van der Waals surface area contributed by atoms with Crippen molar-refractivity contribution >= 4 is 45.0 Å². The van der Waals surface area contributed by atoms with Gasteiger partial charge in [-0.15, -0.1) is 11.3 Å². The number of hydrogen-bond acceptors (Lipinski definition) is 4. The normalized spacial score (nSPS) is 14.4. The molecule has 0 aliphatic carbocycles. The summed E-state index contributed by atoms with van der Waals surface area (Å²) < 4.78 is 5.77. The van der Waals surface area contributed by atoms with Gasteiger partial charge in [-0.05, 0) is 29.6 Å². The fraction of sp³-hybridized carbons (Fsp3) is 0.217. The van der Waals surface area contributed by atoms with Gasteiger partial charge in [0.25, 0.3) is 11.8 Å². The van der Waals surface area contributed by atoms with Crippen LogP contribution in [0.3, 0.4) is 0 Å². The number of benzene rings is 2. The Morgan fingerprint density at radius 2 is 1.67 bits per heavy atom. The van der Waals surface area contributed by atoms with E-state index >= 15 is 0 Å². The summed E-state index contributed by atoms with van der Waals surface area (Å²) in [6.45, 7) is 2.14. The van der Waals surface area contributed by atoms with E-state index in [2.05, 4.69) is 11.1 Å². The van der Waals surface area contributed by atoms with Gasteiger partial charge in [0.15, 0.2) is 6.61 Å². The molecule has 7 heteroatoms. The molecule has 2 aromatic carbocycles. The van der Waals surface area contributed by atoms with Crippen molar-refractivity contribution in [2.45, 2.75) is 0 Å². The Hall–Kier alpha value is -3.32. The molecule has 1 fully saturated rings. The first-order valence-electron chi connectivity index (χ1n) is 9.93. The molecule has 2 amide bonds. The molecule has 0 saturated carbocycles. The molecule has 1 saturated heterocycles. The minimum Gasteiger partial charge on any atom is -0.484 e. The predicted molar refractivity (Wildman–Crippen MR) is 118 cm³/mol. The van der Waals surface area contributed by atoms with Crippen LogP contribution in [0.5, 0.6) is 5.75 Å². The number of amides is 2. The molecular weight excluding hydrogens is 398 g/mol. The summed E-state index contributed by atoms with van der Waals surface area (Å²) in [7, 11) is 0. The van der Waals surface area contributed by atoms with Crippen molar-refractivity contribution in [3.8, 4) is 5.75 Å². The molecule has 0 unspecified atom stereocenters. The Morgan fingerprint density at radius 1 is 0.900 bits per heavy atom. The fourth-order valence-electron chi connectivity index (χ4n) is 3.87. The molecule has 1 N–H and O–H groups in total. The summed E-state index contributed by atoms with van der Waals surface area (Å²) in [4.78, 5) is 32.7. The average molecular weight is 420 g/mol. The molecule has 0 atom stereocenters. The molecule has 2 aromatic heterocycles. The van der Waals surface area contributed by atoms with E-state index in [1.165, 1.54) is 16.7 Å². The second kappa shape index (κ2) is 7.84. The zero-order valence-electron chi connectivity index (χ0n) is 16.3. The maximum absolute atomic E-state index is 12.6. The fourth-order valence-corrected chi connectivity index (χ4v) is 4.57. The number of rotatable bonds is 4. The highest BCUT2D eigenvalue weighted by Crippen LogP contribution is 2.28. The van der Waals surface area contributed by atoms with E-state index in [0.717, 1.165) is 21.3 Å². The Morgan fingerprint density at radius 3 is 2.47 bits per heavy atom. The van der Waals surface area contributed by atoms with Gasteiger partial charge in [-0.3, -0.25) is 9.59 Å². The second-order valence-electron chi connectivity index (χ2n) is 7.32. The molecule has 152 valence electrons. The van der Waals surface area contributed by atoms with Gasteiger partial charge in [-0.25, -0.2) is 0 Å². The largest absolute Gasteiger partial charge is 0.484 e. The maximum atomic E-state index is 12.6. The van der Waals surface area contributed by atoms with Crippen LogP contribution in [-0.2, 0) is 4.79 Å². The number of carbonyl (C=O) groups excluding carboxylic acids is 2. The topological polar surface area (TPSA) is 65.6 Å². The summed E-state index contributed by atoms with van der Waals surface area (Å²) in [5, 5.41) is 4.21. The molecule has 5 rings (SSSR count). The second-order valence-corrected chi connectivity index (χ2v) is 8.26. The number of thiophene rings is 1. The van der Waals surface area contributed by atoms with E-state index in [-0.39, 0.29) is 18.4 Å². The van der Waals surface area contributed by atoms with Crippen molar-refractivity contribution in [2.24, 2.45) is 0 Å². The van der Waals surface area contributed by atoms with Gasteiger partial charge in [0.2, 0.25) is 0 Å². The lowest BCUT2D eigenvalue weighted by molar-refractivity contribution is -0.134. The summed E-state index contributed by atoms with van der Waals surface area (Å²) in [5.41, 5.74) is 2.07. The van der Waals surface area contributed by atoms with Crippen LogP contribution in [0.15, 0.2) is 60.0 Å². The quantitative estimate of drug-likeness (QED) is 0.548. The lowest BCUT2D eigenvalue weighted by Gasteiger charge is -2.34. The van der Waals surface area contributed by atoms with Crippen LogP contribution in [0.2, 0.25) is 0 Å². The molecule has 1 aliphatic heterocycles. The number of fused-ring (bicyclic) bond motifs is 3. The lowest BCUT2D eigenvalue weighted by atomic mass is 10.1. The van der Waals surface area contributed by atoms with Gasteiger partial charge in [-0.1, -0.05) is 24.3 Å². The number of aromatic amines is 1. The van der Waals surface area contributed by atoms with Gasteiger partial charge < -0.3 is 19.5 Å². The molecule has 3 heterocycles. The first kappa shape index (κ1) is 18.7. The third-order valence-corrected chi connectivity index (χ3v) is 6.35. The van der Waals surface area contributed by atoms with Gasteiger partial charge in [0.1, 0.15) is 5.75 Å². The summed E-state index contributed by atoms with van der Waals surface area (Å²) in [6, 6.07) is 17.7. The third-order valence-electron chi connectivity index (χ3n) is 5.49. The molecule has 0 bridgehead atoms. The smallest absolute Gasteiger partial charge is 0.264 e. The Kier molecular flexibility index (Phi) is 4.88. The van der Waals surface area contributed by atoms with Crippen LogP contribution >= 0.6 is 11.3 Å². The number of aromatic nitrogens is 1. The first-order valence-corrected chi connectivity index (χ1v) is 10.8. The van der Waals surface area contributed by atoms with E-state index < -0.39 is 0 Å². The Balaban J connectivity index is 1.18. The lowest BCUT2D eigenvalue weighted by Crippen LogP contribution is -2.51. The highest BCUT2D eigenvalue weighted by atomic mass is 32.1. The number of para-hydroxylation sites is 1. The van der Waals surface area contributed by atoms with Crippen molar-refractivity contribution in [3.63, 3.8) is 0 Å². The third kappa shape index (κ3) is 3.52. The molecular formula is C23H21N3O3S. The molecule has 30 heavy (non-hydrogen) atoms. The molecule has 4 aromatic rings. The molecule has 0 spiro atoms. The van der Waals surface area contributed by atoms with Crippen LogP contribution in [0.1, 0.15) is 9.67 Å². The number of ether oxygens (including phenoxy) is 1. The monoisotopic (exact) mass is 419 g/mol. The number of hydrogen-bond donors (Lipinski definition) is 1. The highest BCUT2D eigenvalue weighted by molar-refractivity contribution is 7.12.